The van der Waals surface area contributed by atoms with Crippen LogP contribution >= 0.6 is 0 Å². The van der Waals surface area contributed by atoms with E-state index in [1.165, 1.54) is 13.3 Å². The van der Waals surface area contributed by atoms with Crippen molar-refractivity contribution < 1.29 is 19.1 Å². The van der Waals surface area contributed by atoms with E-state index >= 15 is 0 Å². The van der Waals surface area contributed by atoms with Gasteiger partial charge in [0.25, 0.3) is 11.8 Å². The summed E-state index contributed by atoms with van der Waals surface area (Å²) in [6.45, 7) is 0. The summed E-state index contributed by atoms with van der Waals surface area (Å²) in [5.74, 6) is 0.285. The van der Waals surface area contributed by atoms with E-state index in [4.69, 9.17) is 4.74 Å². The third-order valence-electron chi connectivity index (χ3n) is 5.31. The maximum atomic E-state index is 12.4. The molecule has 0 atom stereocenters. The molecule has 3 aromatic rings. The molecule has 0 radical (unpaired) electrons. The number of carbonyl (C=O) groups is 3. The number of anilines is 1. The molecular formula is C22H23N5O4. The second kappa shape index (κ2) is 8.10. The molecule has 2 heterocycles. The highest BCUT2D eigenvalue weighted by molar-refractivity contribution is 6.11. The van der Waals surface area contributed by atoms with Gasteiger partial charge in [0, 0.05) is 42.7 Å². The highest BCUT2D eigenvalue weighted by atomic mass is 16.5. The molecule has 0 spiro atoms. The topological polar surface area (TPSA) is 125 Å². The molecule has 31 heavy (non-hydrogen) atoms. The van der Waals surface area contributed by atoms with Crippen molar-refractivity contribution in [1.29, 1.82) is 0 Å². The lowest BCUT2D eigenvalue weighted by Gasteiger charge is -2.09. The summed E-state index contributed by atoms with van der Waals surface area (Å²) < 4.78 is 5.50. The van der Waals surface area contributed by atoms with Gasteiger partial charge in [-0.25, -0.2) is 4.98 Å². The van der Waals surface area contributed by atoms with E-state index in [1.807, 2.05) is 6.07 Å². The van der Waals surface area contributed by atoms with E-state index in [-0.39, 0.29) is 23.6 Å². The Kier molecular flexibility index (Phi) is 5.33. The van der Waals surface area contributed by atoms with Crippen LogP contribution in [0.15, 0.2) is 30.5 Å². The Labute approximate surface area is 178 Å². The molecule has 4 N–H and O–H groups in total. The van der Waals surface area contributed by atoms with E-state index in [9.17, 15) is 14.4 Å². The van der Waals surface area contributed by atoms with Crippen molar-refractivity contribution >= 4 is 34.4 Å². The number of H-pyrrole nitrogens is 1. The normalized spacial score (nSPS) is 13.0. The number of hydrogen-bond acceptors (Lipinski definition) is 5. The number of pyridine rings is 1. The molecule has 9 nitrogen and oxygen atoms in total. The molecule has 0 aliphatic heterocycles. The van der Waals surface area contributed by atoms with Crippen molar-refractivity contribution in [2.24, 2.45) is 5.92 Å². The van der Waals surface area contributed by atoms with Crippen molar-refractivity contribution in [2.75, 3.05) is 26.5 Å². The summed E-state index contributed by atoms with van der Waals surface area (Å²) in [7, 11) is 4.63. The molecule has 1 fully saturated rings. The van der Waals surface area contributed by atoms with Gasteiger partial charge in [-0.1, -0.05) is 0 Å². The van der Waals surface area contributed by atoms with Crippen LogP contribution < -0.4 is 20.7 Å². The molecule has 0 saturated heterocycles. The summed E-state index contributed by atoms with van der Waals surface area (Å²) in [5.41, 5.74) is 2.75. The number of fused-ring (bicyclic) bond motifs is 1. The zero-order chi connectivity index (χ0) is 22.1. The fraction of sp³-hybridized carbons (Fsp3) is 0.273. The standard InChI is InChI=1S/C22H23N5O4/c1-23-20(28)12-6-7-13(17(8-12)31-3)16-9-14-15(22(30)24-2)10-25-19(18(14)26-16)27-21(29)11-4-5-11/h6-11,26H,4-5H2,1-3H3,(H,23,28)(H,24,30)(H,25,27,29). The summed E-state index contributed by atoms with van der Waals surface area (Å²) >= 11 is 0. The van der Waals surface area contributed by atoms with Crippen LogP contribution in [0.1, 0.15) is 33.6 Å². The number of nitrogens with one attached hydrogen (secondary N) is 4. The number of hydrogen-bond donors (Lipinski definition) is 4. The molecule has 0 bridgehead atoms. The lowest BCUT2D eigenvalue weighted by molar-refractivity contribution is -0.117. The number of aromatic nitrogens is 2. The Balaban J connectivity index is 1.84. The Morgan fingerprint density at radius 1 is 1.10 bits per heavy atom. The van der Waals surface area contributed by atoms with Gasteiger partial charge in [0.15, 0.2) is 5.82 Å². The number of amides is 3. The molecular weight excluding hydrogens is 398 g/mol. The van der Waals surface area contributed by atoms with Gasteiger partial charge in [-0.15, -0.1) is 0 Å². The fourth-order valence-electron chi connectivity index (χ4n) is 3.44. The zero-order valence-electron chi connectivity index (χ0n) is 17.5. The highest BCUT2D eigenvalue weighted by Crippen LogP contribution is 2.36. The summed E-state index contributed by atoms with van der Waals surface area (Å²) in [4.78, 5) is 44.2. The quantitative estimate of drug-likeness (QED) is 0.486. The lowest BCUT2D eigenvalue weighted by atomic mass is 10.1. The number of methoxy groups -OCH3 is 1. The summed E-state index contributed by atoms with van der Waals surface area (Å²) in [6.07, 6.45) is 3.19. The monoisotopic (exact) mass is 421 g/mol. The molecule has 1 aromatic carbocycles. The first-order valence-electron chi connectivity index (χ1n) is 9.92. The predicted octanol–water partition coefficient (Wildman–Crippen LogP) is 2.31. The molecule has 1 aliphatic carbocycles. The van der Waals surface area contributed by atoms with Crippen LogP contribution in [-0.2, 0) is 4.79 Å². The van der Waals surface area contributed by atoms with Crippen molar-refractivity contribution in [3.05, 3.63) is 41.6 Å². The van der Waals surface area contributed by atoms with Gasteiger partial charge >= 0.3 is 0 Å². The Hall–Kier alpha value is -3.88. The van der Waals surface area contributed by atoms with Gasteiger partial charge in [-0.2, -0.15) is 0 Å². The third-order valence-corrected chi connectivity index (χ3v) is 5.31. The van der Waals surface area contributed by atoms with Crippen LogP contribution in [0.4, 0.5) is 5.82 Å². The number of ether oxygens (including phenoxy) is 1. The SMILES string of the molecule is CNC(=O)c1ccc(-c2cc3c(C(=O)NC)cnc(NC(=O)C4CC4)c3[nH]2)c(OC)c1. The van der Waals surface area contributed by atoms with Gasteiger partial charge < -0.3 is 25.7 Å². The first-order valence-corrected chi connectivity index (χ1v) is 9.92. The van der Waals surface area contributed by atoms with E-state index in [0.29, 0.717) is 44.9 Å². The van der Waals surface area contributed by atoms with Crippen LogP contribution in [-0.4, -0.2) is 48.9 Å². The van der Waals surface area contributed by atoms with Crippen molar-refractivity contribution in [2.45, 2.75) is 12.8 Å². The van der Waals surface area contributed by atoms with E-state index in [0.717, 1.165) is 12.8 Å². The van der Waals surface area contributed by atoms with Gasteiger partial charge in [0.1, 0.15) is 5.75 Å². The van der Waals surface area contributed by atoms with E-state index in [1.54, 1.807) is 32.3 Å². The lowest BCUT2D eigenvalue weighted by Crippen LogP contribution is -2.19. The minimum Gasteiger partial charge on any atom is -0.496 e. The summed E-state index contributed by atoms with van der Waals surface area (Å²) in [6, 6.07) is 6.92. The van der Waals surface area contributed by atoms with E-state index < -0.39 is 0 Å². The van der Waals surface area contributed by atoms with Gasteiger partial charge in [0.2, 0.25) is 5.91 Å². The number of nitrogens with zero attached hydrogens (tertiary/aromatic N) is 1. The maximum Gasteiger partial charge on any atom is 0.253 e. The van der Waals surface area contributed by atoms with Crippen LogP contribution in [0.5, 0.6) is 5.75 Å². The molecule has 1 saturated carbocycles. The molecule has 2 aromatic heterocycles. The zero-order valence-corrected chi connectivity index (χ0v) is 17.5. The van der Waals surface area contributed by atoms with Crippen molar-refractivity contribution in [1.82, 2.24) is 20.6 Å². The molecule has 9 heteroatoms. The van der Waals surface area contributed by atoms with Crippen molar-refractivity contribution in [3.8, 4) is 17.0 Å². The molecule has 1 aliphatic rings. The minimum atomic E-state index is -0.287. The molecule has 3 amide bonds. The highest BCUT2D eigenvalue weighted by Gasteiger charge is 2.30. The van der Waals surface area contributed by atoms with Crippen LogP contribution in [0.3, 0.4) is 0 Å². The molecule has 0 unspecified atom stereocenters. The smallest absolute Gasteiger partial charge is 0.253 e. The Bertz CT molecular complexity index is 1200. The fourth-order valence-corrected chi connectivity index (χ4v) is 3.44. The second-order valence-corrected chi connectivity index (χ2v) is 7.33. The Morgan fingerprint density at radius 3 is 2.48 bits per heavy atom. The first kappa shape index (κ1) is 20.4. The van der Waals surface area contributed by atoms with Gasteiger partial charge in [-0.3, -0.25) is 14.4 Å². The van der Waals surface area contributed by atoms with Crippen LogP contribution in [0.2, 0.25) is 0 Å². The van der Waals surface area contributed by atoms with E-state index in [2.05, 4.69) is 25.9 Å². The molecule has 4 rings (SSSR count). The average Bonchev–Trinajstić information content (AvgIpc) is 3.56. The van der Waals surface area contributed by atoms with Gasteiger partial charge in [0.05, 0.1) is 23.9 Å². The van der Waals surface area contributed by atoms with Crippen molar-refractivity contribution in [3.63, 3.8) is 0 Å². The van der Waals surface area contributed by atoms with Crippen LogP contribution in [0.25, 0.3) is 22.2 Å². The molecule has 160 valence electrons. The maximum absolute atomic E-state index is 12.4. The summed E-state index contributed by atoms with van der Waals surface area (Å²) in [5, 5.41) is 8.67. The Morgan fingerprint density at radius 2 is 1.84 bits per heavy atom. The predicted molar refractivity (Wildman–Crippen MR) is 116 cm³/mol. The minimum absolute atomic E-state index is 0.0160. The number of rotatable bonds is 6. The average molecular weight is 421 g/mol. The third kappa shape index (κ3) is 3.81. The first-order chi connectivity index (χ1) is 15.0. The number of aromatic amines is 1. The number of benzene rings is 1. The number of carbonyl (C=O) groups excluding carboxylic acids is 3. The van der Waals surface area contributed by atoms with Crippen LogP contribution in [0, 0.1) is 5.92 Å². The van der Waals surface area contributed by atoms with Gasteiger partial charge in [-0.05, 0) is 37.1 Å². The second-order valence-electron chi connectivity index (χ2n) is 7.33. The largest absolute Gasteiger partial charge is 0.496 e.